The van der Waals surface area contributed by atoms with Gasteiger partial charge in [0.25, 0.3) is 0 Å². The lowest BCUT2D eigenvalue weighted by Gasteiger charge is -2.21. The summed E-state index contributed by atoms with van der Waals surface area (Å²) >= 11 is 0. The monoisotopic (exact) mass is 364 g/mol. The second-order valence-electron chi connectivity index (χ2n) is 6.84. The molecular formula is C22H24N2O3. The molecule has 0 saturated heterocycles. The highest BCUT2D eigenvalue weighted by atomic mass is 16.5. The Morgan fingerprint density at radius 2 is 1.85 bits per heavy atom. The van der Waals surface area contributed by atoms with Crippen LogP contribution < -0.4 is 0 Å². The summed E-state index contributed by atoms with van der Waals surface area (Å²) in [7, 11) is 2.83. The van der Waals surface area contributed by atoms with Crippen molar-refractivity contribution in [2.45, 2.75) is 26.2 Å². The van der Waals surface area contributed by atoms with Crippen molar-refractivity contribution in [3.05, 3.63) is 59.7 Å². The van der Waals surface area contributed by atoms with Gasteiger partial charge in [-0.2, -0.15) is 5.26 Å². The molecule has 0 fully saturated rings. The molecule has 0 aliphatic heterocycles. The van der Waals surface area contributed by atoms with Crippen molar-refractivity contribution in [3.8, 4) is 17.3 Å². The van der Waals surface area contributed by atoms with Gasteiger partial charge in [0.2, 0.25) is 5.91 Å². The van der Waals surface area contributed by atoms with E-state index in [9.17, 15) is 9.59 Å². The fraction of sp³-hybridized carbons (Fsp3) is 0.318. The van der Waals surface area contributed by atoms with E-state index in [1.807, 2.05) is 56.4 Å². The second-order valence-corrected chi connectivity index (χ2v) is 6.84. The summed E-state index contributed by atoms with van der Waals surface area (Å²) in [6, 6.07) is 14.8. The smallest absolute Gasteiger partial charge is 0.338 e. The molecule has 2 aromatic carbocycles. The van der Waals surface area contributed by atoms with Crippen molar-refractivity contribution < 1.29 is 14.3 Å². The zero-order chi connectivity index (χ0) is 20.0. The number of hydrogen-bond donors (Lipinski definition) is 0. The largest absolute Gasteiger partial charge is 0.465 e. The van der Waals surface area contributed by atoms with Gasteiger partial charge in [0.05, 0.1) is 18.6 Å². The van der Waals surface area contributed by atoms with Crippen molar-refractivity contribution in [1.29, 1.82) is 5.26 Å². The Morgan fingerprint density at radius 3 is 2.48 bits per heavy atom. The highest BCUT2D eigenvalue weighted by molar-refractivity contribution is 5.97. The standard InChI is InChI=1S/C22H24N2O3/c1-15(2)12-20(21(25)24(3)14-23)17-9-7-8-16(13-17)18-10-5-6-11-19(18)22(26)27-4/h5-11,13,15,20H,12H2,1-4H3. The number of hydrogen-bond acceptors (Lipinski definition) is 4. The van der Waals surface area contributed by atoms with E-state index in [1.165, 1.54) is 14.2 Å². The lowest BCUT2D eigenvalue weighted by Crippen LogP contribution is -2.28. The predicted molar refractivity (Wildman–Crippen MR) is 104 cm³/mol. The molecule has 0 radical (unpaired) electrons. The number of esters is 1. The normalized spacial score (nSPS) is 11.6. The molecule has 0 bridgehead atoms. The number of ether oxygens (including phenoxy) is 1. The number of carbonyl (C=O) groups is 2. The Labute approximate surface area is 160 Å². The number of rotatable bonds is 6. The molecule has 5 heteroatoms. The first kappa shape index (κ1) is 20.2. The molecule has 2 aromatic rings. The maximum absolute atomic E-state index is 12.7. The van der Waals surface area contributed by atoms with Crippen molar-refractivity contribution >= 4 is 11.9 Å². The van der Waals surface area contributed by atoms with Crippen molar-refractivity contribution in [1.82, 2.24) is 4.90 Å². The average Bonchev–Trinajstić information content (AvgIpc) is 2.70. The van der Waals surface area contributed by atoms with Gasteiger partial charge in [0, 0.05) is 7.05 Å². The molecule has 0 saturated carbocycles. The van der Waals surface area contributed by atoms with Crippen molar-refractivity contribution in [2.24, 2.45) is 5.92 Å². The molecule has 1 unspecified atom stereocenters. The zero-order valence-electron chi connectivity index (χ0n) is 16.1. The number of carbonyl (C=O) groups excluding carboxylic acids is 2. The summed E-state index contributed by atoms with van der Waals surface area (Å²) in [6.07, 6.45) is 2.52. The molecule has 0 spiro atoms. The summed E-state index contributed by atoms with van der Waals surface area (Å²) in [6.45, 7) is 4.09. The minimum atomic E-state index is -0.417. The molecule has 1 atom stereocenters. The highest BCUT2D eigenvalue weighted by Crippen LogP contribution is 2.31. The third kappa shape index (κ3) is 4.73. The predicted octanol–water partition coefficient (Wildman–Crippen LogP) is 4.21. The fourth-order valence-corrected chi connectivity index (χ4v) is 3.08. The van der Waals surface area contributed by atoms with Crippen LogP contribution >= 0.6 is 0 Å². The van der Waals surface area contributed by atoms with E-state index in [0.717, 1.165) is 21.6 Å². The maximum Gasteiger partial charge on any atom is 0.338 e. The molecule has 0 heterocycles. The molecule has 27 heavy (non-hydrogen) atoms. The van der Waals surface area contributed by atoms with Crippen LogP contribution in [0.4, 0.5) is 0 Å². The molecule has 0 aliphatic rings. The van der Waals surface area contributed by atoms with Crippen LogP contribution in [0.1, 0.15) is 42.1 Å². The fourth-order valence-electron chi connectivity index (χ4n) is 3.08. The van der Waals surface area contributed by atoms with E-state index in [1.54, 1.807) is 12.1 Å². The zero-order valence-corrected chi connectivity index (χ0v) is 16.1. The van der Waals surface area contributed by atoms with Gasteiger partial charge < -0.3 is 4.74 Å². The minimum absolute atomic E-state index is 0.232. The molecule has 140 valence electrons. The topological polar surface area (TPSA) is 70.4 Å². The first-order chi connectivity index (χ1) is 12.9. The van der Waals surface area contributed by atoms with E-state index in [4.69, 9.17) is 10.00 Å². The van der Waals surface area contributed by atoms with Crippen LogP contribution in [0.2, 0.25) is 0 Å². The number of nitrogens with zero attached hydrogens (tertiary/aromatic N) is 2. The van der Waals surface area contributed by atoms with Gasteiger partial charge in [0.15, 0.2) is 6.19 Å². The number of amides is 1. The van der Waals surface area contributed by atoms with E-state index >= 15 is 0 Å². The Hall–Kier alpha value is -3.13. The number of benzene rings is 2. The van der Waals surface area contributed by atoms with Gasteiger partial charge >= 0.3 is 5.97 Å². The van der Waals surface area contributed by atoms with Gasteiger partial charge in [-0.1, -0.05) is 56.3 Å². The van der Waals surface area contributed by atoms with Gasteiger partial charge in [-0.05, 0) is 35.1 Å². The van der Waals surface area contributed by atoms with Crippen LogP contribution in [0.25, 0.3) is 11.1 Å². The van der Waals surface area contributed by atoms with E-state index in [-0.39, 0.29) is 11.8 Å². The number of methoxy groups -OCH3 is 1. The maximum atomic E-state index is 12.7. The SMILES string of the molecule is COC(=O)c1ccccc1-c1cccc(C(CC(C)C)C(=O)N(C)C#N)c1. The van der Waals surface area contributed by atoms with Crippen molar-refractivity contribution in [2.75, 3.05) is 14.2 Å². The first-order valence-electron chi connectivity index (χ1n) is 8.84. The first-order valence-corrected chi connectivity index (χ1v) is 8.84. The number of likely N-dealkylation sites (N-methyl/N-ethyl adjacent to an activating group) is 1. The molecule has 0 aromatic heterocycles. The Bertz CT molecular complexity index is 868. The Kier molecular flexibility index (Phi) is 6.73. The lowest BCUT2D eigenvalue weighted by atomic mass is 9.87. The summed E-state index contributed by atoms with van der Waals surface area (Å²) in [4.78, 5) is 25.9. The van der Waals surface area contributed by atoms with Crippen molar-refractivity contribution in [3.63, 3.8) is 0 Å². The summed E-state index contributed by atoms with van der Waals surface area (Å²) in [5.74, 6) is -0.767. The molecule has 5 nitrogen and oxygen atoms in total. The minimum Gasteiger partial charge on any atom is -0.465 e. The summed E-state index contributed by atoms with van der Waals surface area (Å²) < 4.78 is 4.88. The highest BCUT2D eigenvalue weighted by Gasteiger charge is 2.25. The molecule has 0 aliphatic carbocycles. The second kappa shape index (κ2) is 9.00. The van der Waals surface area contributed by atoms with Crippen LogP contribution in [-0.2, 0) is 9.53 Å². The summed E-state index contributed by atoms with van der Waals surface area (Å²) in [5.41, 5.74) is 2.87. The lowest BCUT2D eigenvalue weighted by molar-refractivity contribution is -0.129. The Morgan fingerprint density at radius 1 is 1.15 bits per heavy atom. The van der Waals surface area contributed by atoms with E-state index in [0.29, 0.717) is 12.0 Å². The Balaban J connectivity index is 2.51. The van der Waals surface area contributed by atoms with E-state index in [2.05, 4.69) is 0 Å². The van der Waals surface area contributed by atoms with Crippen LogP contribution in [0.5, 0.6) is 0 Å². The average molecular weight is 364 g/mol. The molecule has 2 rings (SSSR count). The third-order valence-electron chi connectivity index (χ3n) is 4.42. The van der Waals surface area contributed by atoms with Gasteiger partial charge in [0.1, 0.15) is 0 Å². The summed E-state index contributed by atoms with van der Waals surface area (Å²) in [5, 5.41) is 9.10. The van der Waals surface area contributed by atoms with Crippen LogP contribution in [0.15, 0.2) is 48.5 Å². The van der Waals surface area contributed by atoms with Gasteiger partial charge in [-0.25, -0.2) is 4.79 Å². The number of nitriles is 1. The molecular weight excluding hydrogens is 340 g/mol. The quantitative estimate of drug-likeness (QED) is 0.437. The van der Waals surface area contributed by atoms with Crippen LogP contribution in [0.3, 0.4) is 0 Å². The third-order valence-corrected chi connectivity index (χ3v) is 4.42. The van der Waals surface area contributed by atoms with Gasteiger partial charge in [-0.3, -0.25) is 9.69 Å². The molecule has 1 amide bonds. The molecule has 0 N–H and O–H groups in total. The van der Waals surface area contributed by atoms with Crippen LogP contribution in [-0.4, -0.2) is 30.9 Å². The van der Waals surface area contributed by atoms with Crippen LogP contribution in [0, 0.1) is 17.4 Å². The van der Waals surface area contributed by atoms with E-state index < -0.39 is 11.9 Å². The van der Waals surface area contributed by atoms with Gasteiger partial charge in [-0.15, -0.1) is 0 Å².